The van der Waals surface area contributed by atoms with Crippen LogP contribution in [0.5, 0.6) is 17.2 Å². The Balaban J connectivity index is 1.80. The fraction of sp³-hybridized carbons (Fsp3) is 0.105. The van der Waals surface area contributed by atoms with Crippen molar-refractivity contribution >= 4 is 62.1 Å². The molecule has 0 aliphatic carbocycles. The van der Waals surface area contributed by atoms with Crippen LogP contribution < -0.4 is 14.9 Å². The van der Waals surface area contributed by atoms with E-state index in [9.17, 15) is 14.7 Å². The second-order valence-corrected chi connectivity index (χ2v) is 8.26. The van der Waals surface area contributed by atoms with Gasteiger partial charge in [0, 0.05) is 10.0 Å². The first-order valence-electron chi connectivity index (χ1n) is 8.13. The lowest BCUT2D eigenvalue weighted by molar-refractivity contribution is -0.123. The smallest absolute Gasteiger partial charge is 0.285 e. The van der Waals surface area contributed by atoms with Crippen LogP contribution in [0.25, 0.3) is 6.08 Å². The highest BCUT2D eigenvalue weighted by Crippen LogP contribution is 2.37. The summed E-state index contributed by atoms with van der Waals surface area (Å²) in [6.07, 6.45) is 1.60. The SMILES string of the molecule is COc1ccc(C(=O)NN2C(=O)/C(=C/c3cc(OC)c(O)cc3Br)SC2=S)cc1. The van der Waals surface area contributed by atoms with Gasteiger partial charge in [0.1, 0.15) is 5.75 Å². The number of thiocarbonyl (C=S) groups is 1. The Labute approximate surface area is 184 Å². The van der Waals surface area contributed by atoms with E-state index in [1.54, 1.807) is 36.4 Å². The molecule has 0 aromatic heterocycles. The van der Waals surface area contributed by atoms with E-state index in [1.165, 1.54) is 20.3 Å². The van der Waals surface area contributed by atoms with Crippen molar-refractivity contribution < 1.29 is 24.2 Å². The van der Waals surface area contributed by atoms with Crippen LogP contribution in [0.15, 0.2) is 45.8 Å². The summed E-state index contributed by atoms with van der Waals surface area (Å²) in [5.74, 6) is -0.0814. The van der Waals surface area contributed by atoms with E-state index in [2.05, 4.69) is 21.4 Å². The van der Waals surface area contributed by atoms with Crippen LogP contribution in [0.3, 0.4) is 0 Å². The Morgan fingerprint density at radius 3 is 2.55 bits per heavy atom. The first kappa shape index (κ1) is 21.2. The topological polar surface area (TPSA) is 88.1 Å². The molecule has 7 nitrogen and oxygen atoms in total. The molecule has 2 aromatic rings. The van der Waals surface area contributed by atoms with Gasteiger partial charge >= 0.3 is 0 Å². The van der Waals surface area contributed by atoms with E-state index in [1.807, 2.05) is 0 Å². The number of methoxy groups -OCH3 is 2. The average molecular weight is 495 g/mol. The molecule has 3 rings (SSSR count). The van der Waals surface area contributed by atoms with Crippen LogP contribution in [0.1, 0.15) is 15.9 Å². The first-order chi connectivity index (χ1) is 13.8. The van der Waals surface area contributed by atoms with Gasteiger partial charge in [0.05, 0.1) is 19.1 Å². The summed E-state index contributed by atoms with van der Waals surface area (Å²) in [4.78, 5) is 25.5. The fourth-order valence-electron chi connectivity index (χ4n) is 2.45. The van der Waals surface area contributed by atoms with Gasteiger partial charge in [-0.05, 0) is 60.3 Å². The van der Waals surface area contributed by atoms with E-state index in [0.717, 1.165) is 16.8 Å². The number of nitrogens with one attached hydrogen (secondary N) is 1. The van der Waals surface area contributed by atoms with Crippen molar-refractivity contribution in [2.45, 2.75) is 0 Å². The lowest BCUT2D eigenvalue weighted by Gasteiger charge is -2.15. The van der Waals surface area contributed by atoms with Gasteiger partial charge in [-0.25, -0.2) is 0 Å². The number of nitrogens with zero attached hydrogens (tertiary/aromatic N) is 1. The van der Waals surface area contributed by atoms with Gasteiger partial charge in [0.15, 0.2) is 15.8 Å². The molecule has 1 saturated heterocycles. The third-order valence-corrected chi connectivity index (χ3v) is 5.93. The number of hydrogen-bond acceptors (Lipinski definition) is 7. The number of amides is 2. The Kier molecular flexibility index (Phi) is 6.46. The maximum Gasteiger partial charge on any atom is 0.285 e. The number of ether oxygens (including phenoxy) is 2. The molecule has 150 valence electrons. The zero-order valence-electron chi connectivity index (χ0n) is 15.3. The lowest BCUT2D eigenvalue weighted by Crippen LogP contribution is -2.44. The molecule has 0 radical (unpaired) electrons. The monoisotopic (exact) mass is 494 g/mol. The molecule has 29 heavy (non-hydrogen) atoms. The summed E-state index contributed by atoms with van der Waals surface area (Å²) in [5, 5.41) is 10.9. The van der Waals surface area contributed by atoms with E-state index in [-0.39, 0.29) is 15.8 Å². The Hall–Kier alpha value is -2.56. The second-order valence-electron chi connectivity index (χ2n) is 5.73. The number of phenolic OH excluding ortho intramolecular Hbond substituents is 1. The summed E-state index contributed by atoms with van der Waals surface area (Å²) in [7, 11) is 2.96. The third kappa shape index (κ3) is 4.55. The molecule has 0 bridgehead atoms. The highest BCUT2D eigenvalue weighted by Gasteiger charge is 2.34. The normalized spacial score (nSPS) is 15.0. The average Bonchev–Trinajstić information content (AvgIpc) is 2.97. The van der Waals surface area contributed by atoms with E-state index in [4.69, 9.17) is 21.7 Å². The number of thioether (sulfide) groups is 1. The zero-order chi connectivity index (χ0) is 21.1. The van der Waals surface area contributed by atoms with Crippen LogP contribution >= 0.6 is 39.9 Å². The van der Waals surface area contributed by atoms with Gasteiger partial charge in [-0.1, -0.05) is 27.7 Å². The molecule has 0 atom stereocenters. The fourth-order valence-corrected chi connectivity index (χ4v) is 4.06. The molecule has 0 spiro atoms. The van der Waals surface area contributed by atoms with Crippen molar-refractivity contribution in [2.75, 3.05) is 14.2 Å². The number of halogens is 1. The number of phenols is 1. The van der Waals surface area contributed by atoms with Crippen LogP contribution in [-0.4, -0.2) is 40.5 Å². The van der Waals surface area contributed by atoms with E-state index >= 15 is 0 Å². The third-order valence-electron chi connectivity index (χ3n) is 3.94. The molecule has 1 fully saturated rings. The van der Waals surface area contributed by atoms with Crippen molar-refractivity contribution in [1.82, 2.24) is 10.4 Å². The van der Waals surface area contributed by atoms with Gasteiger partial charge in [0.2, 0.25) is 0 Å². The Morgan fingerprint density at radius 2 is 1.93 bits per heavy atom. The molecule has 10 heteroatoms. The lowest BCUT2D eigenvalue weighted by atomic mass is 10.2. The largest absolute Gasteiger partial charge is 0.504 e. The number of benzene rings is 2. The number of hydrazine groups is 1. The zero-order valence-corrected chi connectivity index (χ0v) is 18.5. The summed E-state index contributed by atoms with van der Waals surface area (Å²) < 4.78 is 10.9. The van der Waals surface area contributed by atoms with Gasteiger partial charge in [-0.3, -0.25) is 15.0 Å². The van der Waals surface area contributed by atoms with E-state index in [0.29, 0.717) is 26.3 Å². The molecule has 2 aromatic carbocycles. The summed E-state index contributed by atoms with van der Waals surface area (Å²) in [6, 6.07) is 9.52. The molecular weight excluding hydrogens is 480 g/mol. The van der Waals surface area contributed by atoms with Crippen LogP contribution in [-0.2, 0) is 4.79 Å². The molecule has 1 heterocycles. The highest BCUT2D eigenvalue weighted by atomic mass is 79.9. The van der Waals surface area contributed by atoms with Crippen molar-refractivity contribution in [2.24, 2.45) is 0 Å². The summed E-state index contributed by atoms with van der Waals surface area (Å²) in [5.41, 5.74) is 3.49. The van der Waals surface area contributed by atoms with Crippen molar-refractivity contribution in [1.29, 1.82) is 0 Å². The summed E-state index contributed by atoms with van der Waals surface area (Å²) >= 11 is 9.64. The predicted molar refractivity (Wildman–Crippen MR) is 118 cm³/mol. The second kappa shape index (κ2) is 8.85. The van der Waals surface area contributed by atoms with Gasteiger partial charge in [0.25, 0.3) is 11.8 Å². The molecule has 2 N–H and O–H groups in total. The number of hydrogen-bond donors (Lipinski definition) is 2. The molecule has 1 aliphatic rings. The number of rotatable bonds is 5. The summed E-state index contributed by atoms with van der Waals surface area (Å²) in [6.45, 7) is 0. The van der Waals surface area contributed by atoms with Crippen molar-refractivity contribution in [3.05, 3.63) is 56.9 Å². The minimum atomic E-state index is -0.474. The number of aromatic hydroxyl groups is 1. The minimum Gasteiger partial charge on any atom is -0.504 e. The van der Waals surface area contributed by atoms with Crippen LogP contribution in [0.4, 0.5) is 0 Å². The van der Waals surface area contributed by atoms with Crippen molar-refractivity contribution in [3.63, 3.8) is 0 Å². The maximum absolute atomic E-state index is 12.7. The molecule has 2 amide bonds. The van der Waals surface area contributed by atoms with Gasteiger partial charge in [-0.2, -0.15) is 5.01 Å². The molecular formula is C19H15BrN2O5S2. The molecule has 0 saturated carbocycles. The predicted octanol–water partition coefficient (Wildman–Crippen LogP) is 3.72. The molecule has 1 aliphatic heterocycles. The molecule has 0 unspecified atom stereocenters. The number of carbonyl (C=O) groups is 2. The highest BCUT2D eigenvalue weighted by molar-refractivity contribution is 9.10. The Morgan fingerprint density at radius 1 is 1.24 bits per heavy atom. The number of carbonyl (C=O) groups excluding carboxylic acids is 2. The minimum absolute atomic E-state index is 0.0316. The first-order valence-corrected chi connectivity index (χ1v) is 10.1. The van der Waals surface area contributed by atoms with Crippen LogP contribution in [0, 0.1) is 0 Å². The maximum atomic E-state index is 12.7. The van der Waals surface area contributed by atoms with Gasteiger partial charge in [-0.15, -0.1) is 0 Å². The quantitative estimate of drug-likeness (QED) is 0.483. The van der Waals surface area contributed by atoms with Gasteiger partial charge < -0.3 is 14.6 Å². The van der Waals surface area contributed by atoms with Crippen LogP contribution in [0.2, 0.25) is 0 Å². The standard InChI is InChI=1S/C19H15BrN2O5S2/c1-26-12-5-3-10(4-6-12)17(24)21-22-18(25)16(29-19(22)28)8-11-7-15(27-2)14(23)9-13(11)20/h3-9,23H,1-2H3,(H,21,24)/b16-8-. The van der Waals surface area contributed by atoms with Crippen molar-refractivity contribution in [3.8, 4) is 17.2 Å². The van der Waals surface area contributed by atoms with E-state index < -0.39 is 11.8 Å². The Bertz CT molecular complexity index is 1020.